The van der Waals surface area contributed by atoms with Gasteiger partial charge in [-0.25, -0.2) is 30.0 Å². The molecule has 4 N–H and O–H groups in total. The Hall–Kier alpha value is -5.44. The summed E-state index contributed by atoms with van der Waals surface area (Å²) in [5, 5.41) is 9.17. The Morgan fingerprint density at radius 1 is 0.918 bits per heavy atom. The maximum Gasteiger partial charge on any atom is 0.413 e. The van der Waals surface area contributed by atoms with Crippen LogP contribution < -0.4 is 16.5 Å². The number of hydrazine groups is 1. The first kappa shape index (κ1) is 45.1. The second kappa shape index (κ2) is 17.1. The maximum absolute atomic E-state index is 14.7. The van der Waals surface area contributed by atoms with Crippen LogP contribution in [0.1, 0.15) is 78.3 Å². The number of hydrogen-bond acceptors (Lipinski definition) is 15. The number of carbonyl (C=O) groups excluding carboxylic acids is 6. The van der Waals surface area contributed by atoms with Gasteiger partial charge in [0.15, 0.2) is 16.9 Å². The number of thioether (sulfide) groups is 1. The van der Waals surface area contributed by atoms with Gasteiger partial charge in [-0.3, -0.25) is 24.8 Å². The van der Waals surface area contributed by atoms with Gasteiger partial charge in [0.2, 0.25) is 16.4 Å². The van der Waals surface area contributed by atoms with Crippen molar-refractivity contribution in [1.29, 1.82) is 0 Å². The van der Waals surface area contributed by atoms with E-state index in [2.05, 4.69) is 20.8 Å². The molecule has 3 fully saturated rings. The molecule has 1 aromatic heterocycles. The van der Waals surface area contributed by atoms with Gasteiger partial charge in [0.1, 0.15) is 32.6 Å². The van der Waals surface area contributed by atoms with Crippen LogP contribution in [0.2, 0.25) is 4.34 Å². The van der Waals surface area contributed by atoms with Crippen molar-refractivity contribution in [3.8, 4) is 0 Å². The third kappa shape index (κ3) is 9.87. The third-order valence-corrected chi connectivity index (χ3v) is 12.1. The Bertz CT molecular complexity index is 2190. The zero-order chi connectivity index (χ0) is 44.7. The van der Waals surface area contributed by atoms with E-state index in [-0.39, 0.29) is 34.8 Å². The van der Waals surface area contributed by atoms with Crippen LogP contribution in [-0.4, -0.2) is 114 Å². The number of nitrogens with zero attached hydrogens (tertiary/aromatic N) is 5. The Kier molecular flexibility index (Phi) is 12.7. The average Bonchev–Trinajstić information content (AvgIpc) is 3.84. The zero-order valence-electron chi connectivity index (χ0n) is 34.7. The van der Waals surface area contributed by atoms with Gasteiger partial charge in [-0.1, -0.05) is 101 Å². The molecule has 0 radical (unpaired) electrons. The molecule has 18 nitrogen and oxygen atoms in total. The molecule has 0 saturated carbocycles. The molecule has 2 aromatic carbocycles. The fourth-order valence-corrected chi connectivity index (χ4v) is 9.07. The Labute approximate surface area is 365 Å². The third-order valence-electron chi connectivity index (χ3n) is 9.24. The quantitative estimate of drug-likeness (QED) is 0.0414. The molecule has 3 saturated heterocycles. The number of halogens is 1. The summed E-state index contributed by atoms with van der Waals surface area (Å²) >= 11 is 8.33. The van der Waals surface area contributed by atoms with Crippen LogP contribution >= 0.6 is 34.7 Å². The lowest BCUT2D eigenvalue weighted by molar-refractivity contribution is -0.179. The summed E-state index contributed by atoms with van der Waals surface area (Å²) in [7, 11) is 0. The highest BCUT2D eigenvalue weighted by Gasteiger charge is 2.67. The smallest absolute Gasteiger partial charge is 0.413 e. The van der Waals surface area contributed by atoms with Gasteiger partial charge < -0.3 is 29.3 Å². The van der Waals surface area contributed by atoms with Crippen LogP contribution in [-0.2, 0) is 38.2 Å². The van der Waals surface area contributed by atoms with Crippen LogP contribution in [0.5, 0.6) is 0 Å². The summed E-state index contributed by atoms with van der Waals surface area (Å²) in [6, 6.07) is 16.2. The number of nitrogens with two attached hydrogens (primary N) is 1. The molecule has 61 heavy (non-hydrogen) atoms. The number of aromatic nitrogens is 1. The van der Waals surface area contributed by atoms with Crippen molar-refractivity contribution in [1.82, 2.24) is 25.1 Å². The lowest BCUT2D eigenvalue weighted by Crippen LogP contribution is -2.68. The van der Waals surface area contributed by atoms with Gasteiger partial charge in [0.25, 0.3) is 5.91 Å². The minimum Gasteiger partial charge on any atom is -0.457 e. The van der Waals surface area contributed by atoms with E-state index in [1.807, 2.05) is 60.7 Å². The van der Waals surface area contributed by atoms with Gasteiger partial charge in [0.05, 0.1) is 13.1 Å². The number of amides is 5. The molecule has 0 aliphatic carbocycles. The Balaban J connectivity index is 1.30. The van der Waals surface area contributed by atoms with Crippen molar-refractivity contribution < 1.29 is 47.8 Å². The number of β-lactam (4-membered cyclic amide) rings is 1. The summed E-state index contributed by atoms with van der Waals surface area (Å²) in [4.78, 5) is 92.8. The normalized spacial score (nSPS) is 20.6. The highest BCUT2D eigenvalue weighted by Crippen LogP contribution is 2.51. The van der Waals surface area contributed by atoms with E-state index in [9.17, 15) is 28.8 Å². The fourth-order valence-electron chi connectivity index (χ4n) is 6.36. The first-order chi connectivity index (χ1) is 28.5. The number of anilines is 1. The van der Waals surface area contributed by atoms with Crippen molar-refractivity contribution >= 4 is 81.4 Å². The number of oxime groups is 1. The van der Waals surface area contributed by atoms with Gasteiger partial charge in [-0.15, -0.1) is 0 Å². The molecule has 3 aliphatic rings. The van der Waals surface area contributed by atoms with Crippen LogP contribution in [0.25, 0.3) is 0 Å². The first-order valence-electron chi connectivity index (χ1n) is 19.1. The summed E-state index contributed by atoms with van der Waals surface area (Å²) in [6.07, 6.45) is -1.72. The summed E-state index contributed by atoms with van der Waals surface area (Å²) in [5.41, 5.74) is -2.93. The monoisotopic (exact) mass is 898 g/mol. The van der Waals surface area contributed by atoms with Gasteiger partial charge in [-0.2, -0.15) is 0 Å². The number of thiazole rings is 1. The van der Waals surface area contributed by atoms with E-state index in [4.69, 9.17) is 36.5 Å². The number of ether oxygens (including phenoxy) is 3. The number of nitrogens with one attached hydrogen (secondary N) is 2. The van der Waals surface area contributed by atoms with Crippen molar-refractivity contribution in [2.24, 2.45) is 11.0 Å². The van der Waals surface area contributed by atoms with Crippen LogP contribution in [0, 0.1) is 0 Å². The molecular weight excluding hydrogens is 852 g/mol. The predicted molar refractivity (Wildman–Crippen MR) is 226 cm³/mol. The van der Waals surface area contributed by atoms with Crippen molar-refractivity contribution in [2.75, 3.05) is 25.0 Å². The van der Waals surface area contributed by atoms with Gasteiger partial charge in [0, 0.05) is 6.54 Å². The molecule has 4 heterocycles. The topological polar surface area (TPSA) is 224 Å². The molecule has 3 aromatic rings. The van der Waals surface area contributed by atoms with Crippen molar-refractivity contribution in [2.45, 2.75) is 94.6 Å². The molecule has 0 unspecified atom stereocenters. The fraction of sp³-hybridized carbons (Fsp3) is 0.450. The van der Waals surface area contributed by atoms with E-state index in [0.717, 1.165) is 28.1 Å². The summed E-state index contributed by atoms with van der Waals surface area (Å²) in [5.74, 6) is 2.80. The maximum atomic E-state index is 14.7. The molecule has 5 amide bonds. The highest BCUT2D eigenvalue weighted by molar-refractivity contribution is 8.02. The average molecular weight is 899 g/mol. The molecule has 0 spiro atoms. The Morgan fingerprint density at radius 2 is 1.51 bits per heavy atom. The predicted octanol–water partition coefficient (Wildman–Crippen LogP) is 5.02. The molecule has 6 rings (SSSR count). The van der Waals surface area contributed by atoms with Crippen LogP contribution in [0.15, 0.2) is 65.8 Å². The van der Waals surface area contributed by atoms with E-state index in [1.54, 1.807) is 41.5 Å². The van der Waals surface area contributed by atoms with Gasteiger partial charge in [-0.05, 0) is 66.5 Å². The first-order valence-corrected chi connectivity index (χ1v) is 21.2. The SMILES string of the molecule is CC(C)(C)OC(=O)Nc1nc(/C(=N/OC(C)(C)C(=O)OC(C)(C)C)C(=O)N[C@@H]2C(=O)N3C[C@@](C(=O)OC(c4ccccc4)c4ccccc4)(N4CCN(N)C4=O)S[C@H]23)c(Cl)s1. The second-order valence-electron chi connectivity index (χ2n) is 16.8. The van der Waals surface area contributed by atoms with E-state index >= 15 is 0 Å². The number of urea groups is 1. The molecule has 326 valence electrons. The number of esters is 2. The lowest BCUT2D eigenvalue weighted by atomic mass is 10.0. The highest BCUT2D eigenvalue weighted by atomic mass is 35.5. The second-order valence-corrected chi connectivity index (χ2v) is 19.8. The Morgan fingerprint density at radius 3 is 2.05 bits per heavy atom. The van der Waals surface area contributed by atoms with Crippen molar-refractivity contribution in [3.63, 3.8) is 0 Å². The largest absolute Gasteiger partial charge is 0.457 e. The number of hydrogen-bond donors (Lipinski definition) is 3. The lowest BCUT2D eigenvalue weighted by Gasteiger charge is -2.41. The molecule has 3 atom stereocenters. The van der Waals surface area contributed by atoms with E-state index < -0.39 is 80.8 Å². The van der Waals surface area contributed by atoms with Crippen LogP contribution in [0.4, 0.5) is 14.7 Å². The van der Waals surface area contributed by atoms with Crippen LogP contribution in [0.3, 0.4) is 0 Å². The van der Waals surface area contributed by atoms with E-state index in [1.165, 1.54) is 23.6 Å². The number of benzene rings is 2. The standard InChI is InChI=1S/C40H47ClN8O10S2/c1-37(2,3)57-32(52)39(7,8)59-46-25(24-28(41)60-34(44-24)45-35(54)58-38(4,5)6)29(50)43-26-30(51)47-21-40(61-31(26)47,48-19-20-49(42)36(48)55)33(53)56-27(22-15-11-9-12-16-22)23-17-13-10-14-18-23/h9-18,26-27,31H,19-21,42H2,1-8H3,(H,43,50)(H,44,45,54)/b46-25-/t26-,31-,40-/m1/s1. The molecular formula is C40H47ClN8O10S2. The summed E-state index contributed by atoms with van der Waals surface area (Å²) < 4.78 is 17.0. The number of fused-ring (bicyclic) bond motifs is 1. The van der Waals surface area contributed by atoms with Crippen molar-refractivity contribution in [3.05, 3.63) is 81.8 Å². The molecule has 21 heteroatoms. The number of carbonyl (C=O) groups is 6. The minimum atomic E-state index is -1.77. The molecule has 0 bridgehead atoms. The van der Waals surface area contributed by atoms with Gasteiger partial charge >= 0.3 is 24.1 Å². The minimum absolute atomic E-state index is 0.0497. The number of rotatable bonds is 12. The van der Waals surface area contributed by atoms with E-state index in [0.29, 0.717) is 11.1 Å². The molecule has 3 aliphatic heterocycles. The summed E-state index contributed by atoms with van der Waals surface area (Å²) in [6.45, 7) is 12.7. The zero-order valence-corrected chi connectivity index (χ0v) is 37.1.